The highest BCUT2D eigenvalue weighted by Crippen LogP contribution is 2.29. The number of aromatic nitrogens is 3. The summed E-state index contributed by atoms with van der Waals surface area (Å²) in [5.41, 5.74) is 10.5. The van der Waals surface area contributed by atoms with E-state index in [1.807, 2.05) is 19.1 Å². The number of fused-ring (bicyclic) bond motifs is 1. The van der Waals surface area contributed by atoms with Gasteiger partial charge in [0.25, 0.3) is 0 Å². The minimum atomic E-state index is 0.479. The fourth-order valence-electron chi connectivity index (χ4n) is 3.72. The van der Waals surface area contributed by atoms with Crippen LogP contribution in [0.4, 0.5) is 5.82 Å². The summed E-state index contributed by atoms with van der Waals surface area (Å²) < 4.78 is 1.73. The first-order chi connectivity index (χ1) is 12.6. The molecule has 0 unspecified atom stereocenters. The normalized spacial score (nSPS) is 16.4. The number of rotatable bonds is 4. The molecule has 1 aromatic carbocycles. The molecule has 3 aromatic rings. The minimum absolute atomic E-state index is 0.479. The second-order valence-electron chi connectivity index (χ2n) is 7.06. The molecule has 1 aliphatic heterocycles. The van der Waals surface area contributed by atoms with Crippen molar-refractivity contribution in [3.8, 4) is 0 Å². The lowest BCUT2D eigenvalue weighted by atomic mass is 9.93. The molecule has 0 atom stereocenters. The molecule has 2 aromatic heterocycles. The van der Waals surface area contributed by atoms with E-state index >= 15 is 0 Å². The standard InChI is InChI=1S/C20H25N5S/c1-14-11-20-22-18(12-19(21)25(20)23-14)16-7-9-24(10-8-16)13-15-3-5-17(26-2)6-4-15/h3-6,11-12,16H,7-10,13,21H2,1-2H3. The van der Waals surface area contributed by atoms with Gasteiger partial charge in [0, 0.05) is 35.2 Å². The maximum atomic E-state index is 6.18. The van der Waals surface area contributed by atoms with Crippen LogP contribution in [-0.4, -0.2) is 38.8 Å². The van der Waals surface area contributed by atoms with Crippen molar-refractivity contribution in [2.45, 2.75) is 37.1 Å². The maximum Gasteiger partial charge on any atom is 0.157 e. The Morgan fingerprint density at radius 1 is 1.15 bits per heavy atom. The third kappa shape index (κ3) is 3.57. The average molecular weight is 368 g/mol. The number of nitrogens with two attached hydrogens (primary N) is 1. The van der Waals surface area contributed by atoms with Gasteiger partial charge in [0.05, 0.1) is 5.69 Å². The molecule has 1 saturated heterocycles. The van der Waals surface area contributed by atoms with E-state index in [4.69, 9.17) is 10.7 Å². The van der Waals surface area contributed by atoms with Gasteiger partial charge in [0.15, 0.2) is 5.65 Å². The van der Waals surface area contributed by atoms with E-state index in [0.717, 1.165) is 49.5 Å². The Hall–Kier alpha value is -2.05. The molecule has 2 N–H and O–H groups in total. The molecule has 0 spiro atoms. The van der Waals surface area contributed by atoms with Crippen molar-refractivity contribution in [2.75, 3.05) is 25.1 Å². The zero-order valence-electron chi connectivity index (χ0n) is 15.4. The molecule has 0 amide bonds. The van der Waals surface area contributed by atoms with Crippen LogP contribution in [-0.2, 0) is 6.54 Å². The third-order valence-electron chi connectivity index (χ3n) is 5.17. The Balaban J connectivity index is 1.41. The molecular weight excluding hydrogens is 342 g/mol. The molecular formula is C20H25N5S. The van der Waals surface area contributed by atoms with Gasteiger partial charge in [-0.2, -0.15) is 9.61 Å². The Morgan fingerprint density at radius 2 is 1.88 bits per heavy atom. The van der Waals surface area contributed by atoms with Gasteiger partial charge in [-0.1, -0.05) is 12.1 Å². The van der Waals surface area contributed by atoms with Crippen LogP contribution < -0.4 is 5.73 Å². The number of benzene rings is 1. The molecule has 1 aliphatic rings. The lowest BCUT2D eigenvalue weighted by molar-refractivity contribution is 0.203. The van der Waals surface area contributed by atoms with Crippen LogP contribution >= 0.6 is 11.8 Å². The van der Waals surface area contributed by atoms with Crippen molar-refractivity contribution in [1.29, 1.82) is 0 Å². The Morgan fingerprint density at radius 3 is 2.58 bits per heavy atom. The summed E-state index contributed by atoms with van der Waals surface area (Å²) in [7, 11) is 0. The van der Waals surface area contributed by atoms with Gasteiger partial charge in [-0.25, -0.2) is 4.98 Å². The molecule has 0 saturated carbocycles. The van der Waals surface area contributed by atoms with Crippen molar-refractivity contribution < 1.29 is 0 Å². The number of anilines is 1. The first-order valence-corrected chi connectivity index (χ1v) is 10.3. The number of nitrogen functional groups attached to an aromatic ring is 1. The Labute approximate surface area is 158 Å². The van der Waals surface area contributed by atoms with Crippen LogP contribution in [0.5, 0.6) is 0 Å². The van der Waals surface area contributed by atoms with E-state index in [-0.39, 0.29) is 0 Å². The number of piperidine rings is 1. The fraction of sp³-hybridized carbons (Fsp3) is 0.400. The van der Waals surface area contributed by atoms with Gasteiger partial charge >= 0.3 is 0 Å². The van der Waals surface area contributed by atoms with E-state index in [9.17, 15) is 0 Å². The summed E-state index contributed by atoms with van der Waals surface area (Å²) in [5.74, 6) is 1.15. The molecule has 3 heterocycles. The van der Waals surface area contributed by atoms with E-state index < -0.39 is 0 Å². The van der Waals surface area contributed by atoms with Crippen molar-refractivity contribution in [1.82, 2.24) is 19.5 Å². The smallest absolute Gasteiger partial charge is 0.157 e. The summed E-state index contributed by atoms with van der Waals surface area (Å²) in [6.45, 7) is 5.19. The van der Waals surface area contributed by atoms with Crippen LogP contribution in [0.2, 0.25) is 0 Å². The van der Waals surface area contributed by atoms with Crippen LogP contribution in [0.3, 0.4) is 0 Å². The molecule has 0 radical (unpaired) electrons. The highest BCUT2D eigenvalue weighted by Gasteiger charge is 2.22. The first-order valence-electron chi connectivity index (χ1n) is 9.10. The van der Waals surface area contributed by atoms with E-state index in [0.29, 0.717) is 11.7 Å². The van der Waals surface area contributed by atoms with E-state index in [2.05, 4.69) is 40.5 Å². The van der Waals surface area contributed by atoms with Gasteiger partial charge in [-0.05, 0) is 56.8 Å². The van der Waals surface area contributed by atoms with Crippen LogP contribution in [0, 0.1) is 6.92 Å². The molecule has 1 fully saturated rings. The van der Waals surface area contributed by atoms with Gasteiger partial charge in [0.1, 0.15) is 5.82 Å². The van der Waals surface area contributed by atoms with Crippen LogP contribution in [0.25, 0.3) is 5.65 Å². The SMILES string of the molecule is CSc1ccc(CN2CCC(c3cc(N)n4nc(C)cc4n3)CC2)cc1. The van der Waals surface area contributed by atoms with Crippen molar-refractivity contribution in [3.05, 3.63) is 53.3 Å². The Bertz CT molecular complexity index is 894. The van der Waals surface area contributed by atoms with E-state index in [1.54, 1.807) is 16.3 Å². The minimum Gasteiger partial charge on any atom is -0.384 e. The van der Waals surface area contributed by atoms with Crippen LogP contribution in [0.1, 0.15) is 35.7 Å². The highest BCUT2D eigenvalue weighted by molar-refractivity contribution is 7.98. The number of hydrogen-bond acceptors (Lipinski definition) is 5. The number of likely N-dealkylation sites (tertiary alicyclic amines) is 1. The Kier molecular flexibility index (Phi) is 4.87. The molecule has 136 valence electrons. The third-order valence-corrected chi connectivity index (χ3v) is 5.91. The monoisotopic (exact) mass is 367 g/mol. The lowest BCUT2D eigenvalue weighted by Crippen LogP contribution is -2.32. The van der Waals surface area contributed by atoms with Gasteiger partial charge in [0.2, 0.25) is 0 Å². The largest absolute Gasteiger partial charge is 0.384 e. The number of thioether (sulfide) groups is 1. The van der Waals surface area contributed by atoms with Gasteiger partial charge in [-0.3, -0.25) is 4.90 Å². The number of aryl methyl sites for hydroxylation is 1. The summed E-state index contributed by atoms with van der Waals surface area (Å²) in [4.78, 5) is 8.67. The fourth-order valence-corrected chi connectivity index (χ4v) is 4.13. The average Bonchev–Trinajstić information content (AvgIpc) is 3.04. The van der Waals surface area contributed by atoms with Crippen molar-refractivity contribution in [3.63, 3.8) is 0 Å². The lowest BCUT2D eigenvalue weighted by Gasteiger charge is -2.31. The number of nitrogens with zero attached hydrogens (tertiary/aromatic N) is 4. The van der Waals surface area contributed by atoms with Gasteiger partial charge < -0.3 is 5.73 Å². The first kappa shape index (κ1) is 17.4. The summed E-state index contributed by atoms with van der Waals surface area (Å²) >= 11 is 1.79. The van der Waals surface area contributed by atoms with Crippen LogP contribution in [0.15, 0.2) is 41.3 Å². The second-order valence-corrected chi connectivity index (χ2v) is 7.94. The topological polar surface area (TPSA) is 59.5 Å². The molecule has 6 heteroatoms. The summed E-state index contributed by atoms with van der Waals surface area (Å²) in [6, 6.07) is 12.9. The van der Waals surface area contributed by atoms with Gasteiger partial charge in [-0.15, -0.1) is 11.8 Å². The molecule has 5 nitrogen and oxygen atoms in total. The molecule has 4 rings (SSSR count). The van der Waals surface area contributed by atoms with Crippen molar-refractivity contribution in [2.24, 2.45) is 0 Å². The zero-order chi connectivity index (χ0) is 18.1. The number of hydrogen-bond donors (Lipinski definition) is 1. The van der Waals surface area contributed by atoms with Crippen molar-refractivity contribution >= 4 is 23.2 Å². The molecule has 0 aliphatic carbocycles. The van der Waals surface area contributed by atoms with E-state index in [1.165, 1.54) is 10.5 Å². The zero-order valence-corrected chi connectivity index (χ0v) is 16.2. The predicted octanol–water partition coefficient (Wildman–Crippen LogP) is 3.72. The molecule has 26 heavy (non-hydrogen) atoms. The maximum absolute atomic E-state index is 6.18. The predicted molar refractivity (Wildman–Crippen MR) is 108 cm³/mol. The summed E-state index contributed by atoms with van der Waals surface area (Å²) in [5, 5.41) is 4.39. The highest BCUT2D eigenvalue weighted by atomic mass is 32.2. The molecule has 0 bridgehead atoms. The second kappa shape index (κ2) is 7.29. The quantitative estimate of drug-likeness (QED) is 0.712. The summed E-state index contributed by atoms with van der Waals surface area (Å²) in [6.07, 6.45) is 4.36.